The molecule has 0 aliphatic carbocycles. The fourth-order valence-corrected chi connectivity index (χ4v) is 1.62. The predicted octanol–water partition coefficient (Wildman–Crippen LogP) is 2.63. The standard InChI is InChI=1S/C14H18N2O2/c1-2-9-17-12-5-3-11(4-6-12)13-10-16-14(18-13)7-8-15/h3-6,10H,2,7-9,15H2,1H3. The molecule has 0 amide bonds. The zero-order chi connectivity index (χ0) is 12.8. The van der Waals surface area contributed by atoms with E-state index in [2.05, 4.69) is 11.9 Å². The van der Waals surface area contributed by atoms with Crippen LogP contribution in [0.4, 0.5) is 0 Å². The van der Waals surface area contributed by atoms with Crippen LogP contribution in [0, 0.1) is 0 Å². The van der Waals surface area contributed by atoms with E-state index in [-0.39, 0.29) is 0 Å². The number of rotatable bonds is 6. The molecule has 0 saturated carbocycles. The average Bonchev–Trinajstić information content (AvgIpc) is 2.86. The van der Waals surface area contributed by atoms with E-state index in [9.17, 15) is 0 Å². The van der Waals surface area contributed by atoms with E-state index in [0.29, 0.717) is 18.9 Å². The average molecular weight is 246 g/mol. The molecular weight excluding hydrogens is 228 g/mol. The number of oxazole rings is 1. The number of ether oxygens (including phenoxy) is 1. The Morgan fingerprint density at radius 1 is 1.28 bits per heavy atom. The lowest BCUT2D eigenvalue weighted by molar-refractivity contribution is 0.317. The molecule has 2 N–H and O–H groups in total. The maximum Gasteiger partial charge on any atom is 0.196 e. The summed E-state index contributed by atoms with van der Waals surface area (Å²) in [5.74, 6) is 2.32. The molecule has 0 saturated heterocycles. The van der Waals surface area contributed by atoms with E-state index >= 15 is 0 Å². The van der Waals surface area contributed by atoms with Crippen LogP contribution in [0.5, 0.6) is 5.75 Å². The van der Waals surface area contributed by atoms with E-state index in [4.69, 9.17) is 14.9 Å². The molecule has 1 heterocycles. The molecule has 0 atom stereocenters. The zero-order valence-corrected chi connectivity index (χ0v) is 10.6. The highest BCUT2D eigenvalue weighted by atomic mass is 16.5. The van der Waals surface area contributed by atoms with Crippen molar-refractivity contribution in [2.75, 3.05) is 13.2 Å². The molecule has 1 aromatic heterocycles. The van der Waals surface area contributed by atoms with Crippen LogP contribution in [0.1, 0.15) is 19.2 Å². The Morgan fingerprint density at radius 2 is 2.06 bits per heavy atom. The van der Waals surface area contributed by atoms with Crippen molar-refractivity contribution in [3.8, 4) is 17.1 Å². The van der Waals surface area contributed by atoms with Gasteiger partial charge in [-0.2, -0.15) is 0 Å². The van der Waals surface area contributed by atoms with Crippen LogP contribution in [0.15, 0.2) is 34.9 Å². The smallest absolute Gasteiger partial charge is 0.196 e. The number of hydrogen-bond acceptors (Lipinski definition) is 4. The molecule has 96 valence electrons. The lowest BCUT2D eigenvalue weighted by Crippen LogP contribution is -2.02. The Hall–Kier alpha value is -1.81. The first-order valence-corrected chi connectivity index (χ1v) is 6.21. The molecule has 1 aromatic carbocycles. The largest absolute Gasteiger partial charge is 0.494 e. The fourth-order valence-electron chi connectivity index (χ4n) is 1.62. The molecule has 4 nitrogen and oxygen atoms in total. The van der Waals surface area contributed by atoms with Gasteiger partial charge >= 0.3 is 0 Å². The minimum atomic E-state index is 0.545. The quantitative estimate of drug-likeness (QED) is 0.851. The second-order valence-electron chi connectivity index (χ2n) is 4.03. The molecule has 0 radical (unpaired) electrons. The second kappa shape index (κ2) is 6.21. The Morgan fingerprint density at radius 3 is 2.72 bits per heavy atom. The predicted molar refractivity (Wildman–Crippen MR) is 70.5 cm³/mol. The van der Waals surface area contributed by atoms with Gasteiger partial charge in [-0.1, -0.05) is 6.92 Å². The molecule has 0 spiro atoms. The summed E-state index contributed by atoms with van der Waals surface area (Å²) in [6.45, 7) is 3.37. The molecular formula is C14H18N2O2. The van der Waals surface area contributed by atoms with Gasteiger partial charge in [-0.15, -0.1) is 0 Å². The van der Waals surface area contributed by atoms with E-state index in [1.54, 1.807) is 6.20 Å². The van der Waals surface area contributed by atoms with Crippen LogP contribution in [0.25, 0.3) is 11.3 Å². The zero-order valence-electron chi connectivity index (χ0n) is 10.6. The molecule has 0 unspecified atom stereocenters. The van der Waals surface area contributed by atoms with Crippen molar-refractivity contribution in [2.45, 2.75) is 19.8 Å². The highest BCUT2D eigenvalue weighted by Crippen LogP contribution is 2.23. The highest BCUT2D eigenvalue weighted by molar-refractivity contribution is 5.57. The summed E-state index contributed by atoms with van der Waals surface area (Å²) in [6, 6.07) is 7.82. The highest BCUT2D eigenvalue weighted by Gasteiger charge is 2.05. The minimum absolute atomic E-state index is 0.545. The van der Waals surface area contributed by atoms with Gasteiger partial charge in [0.25, 0.3) is 0 Å². The third-order valence-electron chi connectivity index (χ3n) is 2.52. The van der Waals surface area contributed by atoms with Crippen molar-refractivity contribution in [1.82, 2.24) is 4.98 Å². The van der Waals surface area contributed by atoms with Crippen LogP contribution in [0.3, 0.4) is 0 Å². The summed E-state index contributed by atoms with van der Waals surface area (Å²) in [5, 5.41) is 0. The van der Waals surface area contributed by atoms with Gasteiger partial charge in [0, 0.05) is 18.5 Å². The lowest BCUT2D eigenvalue weighted by atomic mass is 10.2. The normalized spacial score (nSPS) is 10.6. The topological polar surface area (TPSA) is 61.3 Å². The van der Waals surface area contributed by atoms with Crippen LogP contribution < -0.4 is 10.5 Å². The summed E-state index contributed by atoms with van der Waals surface area (Å²) in [6.07, 6.45) is 3.40. The van der Waals surface area contributed by atoms with Gasteiger partial charge in [0.2, 0.25) is 0 Å². The van der Waals surface area contributed by atoms with Crippen LogP contribution in [-0.2, 0) is 6.42 Å². The Kier molecular flexibility index (Phi) is 4.36. The van der Waals surface area contributed by atoms with Crippen LogP contribution in [-0.4, -0.2) is 18.1 Å². The Bertz CT molecular complexity index is 477. The number of benzene rings is 1. The second-order valence-corrected chi connectivity index (χ2v) is 4.03. The lowest BCUT2D eigenvalue weighted by Gasteiger charge is -2.04. The van der Waals surface area contributed by atoms with Gasteiger partial charge in [-0.3, -0.25) is 0 Å². The molecule has 18 heavy (non-hydrogen) atoms. The maximum atomic E-state index is 5.60. The van der Waals surface area contributed by atoms with Gasteiger partial charge in [0.15, 0.2) is 11.7 Å². The van der Waals surface area contributed by atoms with E-state index < -0.39 is 0 Å². The number of aromatic nitrogens is 1. The molecule has 0 aliphatic heterocycles. The van der Waals surface area contributed by atoms with Crippen molar-refractivity contribution >= 4 is 0 Å². The molecule has 2 aromatic rings. The SMILES string of the molecule is CCCOc1ccc(-c2cnc(CCN)o2)cc1. The van der Waals surface area contributed by atoms with Crippen molar-refractivity contribution in [1.29, 1.82) is 0 Å². The summed E-state index contributed by atoms with van der Waals surface area (Å²) in [4.78, 5) is 4.18. The van der Waals surface area contributed by atoms with Crippen LogP contribution in [0.2, 0.25) is 0 Å². The molecule has 0 fully saturated rings. The molecule has 4 heteroatoms. The van der Waals surface area contributed by atoms with Crippen molar-refractivity contribution < 1.29 is 9.15 Å². The Balaban J connectivity index is 2.07. The maximum absolute atomic E-state index is 5.60. The molecule has 0 aliphatic rings. The van der Waals surface area contributed by atoms with Crippen molar-refractivity contribution in [3.05, 3.63) is 36.4 Å². The number of nitrogens with zero attached hydrogens (tertiary/aromatic N) is 1. The summed E-state index contributed by atoms with van der Waals surface area (Å²) in [5.41, 5.74) is 6.45. The summed E-state index contributed by atoms with van der Waals surface area (Å²) < 4.78 is 11.1. The third kappa shape index (κ3) is 3.11. The van der Waals surface area contributed by atoms with Crippen molar-refractivity contribution in [2.24, 2.45) is 5.73 Å². The van der Waals surface area contributed by atoms with E-state index in [1.165, 1.54) is 0 Å². The van der Waals surface area contributed by atoms with Gasteiger partial charge in [0.1, 0.15) is 5.75 Å². The monoisotopic (exact) mass is 246 g/mol. The minimum Gasteiger partial charge on any atom is -0.494 e. The number of nitrogens with two attached hydrogens (primary N) is 1. The fraction of sp³-hybridized carbons (Fsp3) is 0.357. The van der Waals surface area contributed by atoms with Gasteiger partial charge in [0.05, 0.1) is 12.8 Å². The van der Waals surface area contributed by atoms with Gasteiger partial charge in [-0.25, -0.2) is 4.98 Å². The Labute approximate surface area is 107 Å². The first-order chi connectivity index (χ1) is 8.83. The van der Waals surface area contributed by atoms with E-state index in [0.717, 1.165) is 30.1 Å². The van der Waals surface area contributed by atoms with E-state index in [1.807, 2.05) is 24.3 Å². The third-order valence-corrected chi connectivity index (χ3v) is 2.52. The van der Waals surface area contributed by atoms with Crippen molar-refractivity contribution in [3.63, 3.8) is 0 Å². The summed E-state index contributed by atoms with van der Waals surface area (Å²) >= 11 is 0. The molecule has 0 bridgehead atoms. The van der Waals surface area contributed by atoms with Crippen LogP contribution >= 0.6 is 0 Å². The number of hydrogen-bond donors (Lipinski definition) is 1. The summed E-state index contributed by atoms with van der Waals surface area (Å²) in [7, 11) is 0. The molecule has 2 rings (SSSR count). The first kappa shape index (κ1) is 12.6. The van der Waals surface area contributed by atoms with Gasteiger partial charge < -0.3 is 14.9 Å². The van der Waals surface area contributed by atoms with Gasteiger partial charge in [-0.05, 0) is 30.7 Å². The first-order valence-electron chi connectivity index (χ1n) is 6.21.